The molecule has 2 N–H and O–H groups in total. The van der Waals surface area contributed by atoms with Gasteiger partial charge in [-0.25, -0.2) is 0 Å². The highest BCUT2D eigenvalue weighted by molar-refractivity contribution is 5.73. The molecule has 0 rings (SSSR count). The van der Waals surface area contributed by atoms with Gasteiger partial charge in [0.15, 0.2) is 0 Å². The minimum atomic E-state index is -0.722. The Morgan fingerprint density at radius 1 is 1.19 bits per heavy atom. The van der Waals surface area contributed by atoms with E-state index >= 15 is 0 Å². The zero-order valence-electron chi connectivity index (χ0n) is 10.9. The molecule has 0 spiro atoms. The molecule has 0 radical (unpaired) electrons. The average Bonchev–Trinajstić information content (AvgIpc) is 2.15. The third kappa shape index (κ3) is 11.0. The van der Waals surface area contributed by atoms with Crippen LogP contribution < -0.4 is 0 Å². The van der Waals surface area contributed by atoms with E-state index < -0.39 is 17.4 Å². The Morgan fingerprint density at radius 2 is 1.62 bits per heavy atom. The normalized spacial score (nSPS) is 10.6. The molecule has 0 aromatic rings. The van der Waals surface area contributed by atoms with Gasteiger partial charge in [-0.1, -0.05) is 20.8 Å². The Kier molecular flexibility index (Phi) is 8.81. The summed E-state index contributed by atoms with van der Waals surface area (Å²) in [4.78, 5) is 20.2. The first kappa shape index (κ1) is 17.3. The quantitative estimate of drug-likeness (QED) is 0.764. The molecule has 0 aliphatic heterocycles. The molecule has 0 heterocycles. The van der Waals surface area contributed by atoms with Crippen LogP contribution in [-0.2, 0) is 9.59 Å². The van der Waals surface area contributed by atoms with Crippen LogP contribution in [0.2, 0.25) is 0 Å². The average molecular weight is 232 g/mol. The van der Waals surface area contributed by atoms with Crippen molar-refractivity contribution in [2.24, 2.45) is 11.3 Å². The summed E-state index contributed by atoms with van der Waals surface area (Å²) in [6.07, 6.45) is 1.77. The lowest BCUT2D eigenvalue weighted by Crippen LogP contribution is -2.21. The molecule has 0 fully saturated rings. The number of hydrogen-bond acceptors (Lipinski definition) is 2. The highest BCUT2D eigenvalue weighted by Crippen LogP contribution is 2.18. The van der Waals surface area contributed by atoms with Crippen molar-refractivity contribution in [2.45, 2.75) is 53.9 Å². The molecule has 0 aromatic heterocycles. The molecule has 4 nitrogen and oxygen atoms in total. The van der Waals surface area contributed by atoms with Gasteiger partial charge in [0.1, 0.15) is 0 Å². The molecule has 16 heavy (non-hydrogen) atoms. The van der Waals surface area contributed by atoms with E-state index in [1.54, 1.807) is 13.8 Å². The topological polar surface area (TPSA) is 74.6 Å². The fourth-order valence-electron chi connectivity index (χ4n) is 0.563. The summed E-state index contributed by atoms with van der Waals surface area (Å²) in [5.41, 5.74) is -0.542. The van der Waals surface area contributed by atoms with E-state index in [0.717, 1.165) is 6.42 Å². The largest absolute Gasteiger partial charge is 0.481 e. The molecule has 4 heteroatoms. The van der Waals surface area contributed by atoms with Crippen molar-refractivity contribution < 1.29 is 19.8 Å². The molecule has 0 atom stereocenters. The van der Waals surface area contributed by atoms with Crippen molar-refractivity contribution >= 4 is 11.9 Å². The Bertz CT molecular complexity index is 219. The van der Waals surface area contributed by atoms with E-state index in [4.69, 9.17) is 10.2 Å². The molecule has 0 saturated heterocycles. The maximum absolute atomic E-state index is 10.3. The zero-order chi connectivity index (χ0) is 13.4. The summed E-state index contributed by atoms with van der Waals surface area (Å²) >= 11 is 0. The van der Waals surface area contributed by atoms with Crippen LogP contribution in [0.15, 0.2) is 0 Å². The van der Waals surface area contributed by atoms with Crippen molar-refractivity contribution in [1.82, 2.24) is 0 Å². The molecule has 0 unspecified atom stereocenters. The maximum Gasteiger partial charge on any atom is 0.309 e. The second kappa shape index (κ2) is 8.13. The predicted octanol–water partition coefficient (Wildman–Crippen LogP) is 3.01. The van der Waals surface area contributed by atoms with Crippen LogP contribution in [0.4, 0.5) is 0 Å². The van der Waals surface area contributed by atoms with Crippen LogP contribution >= 0.6 is 0 Å². The lowest BCUT2D eigenvalue weighted by molar-refractivity contribution is -0.147. The Labute approximate surface area is 97.7 Å². The van der Waals surface area contributed by atoms with Gasteiger partial charge in [-0.3, -0.25) is 9.59 Å². The number of rotatable bonds is 5. The number of carbonyl (C=O) groups is 2. The SMILES string of the molecule is CC(C)CCC(=O)O.CCC(C)(C)C(=O)O. The second-order valence-electron chi connectivity index (χ2n) is 4.87. The summed E-state index contributed by atoms with van der Waals surface area (Å²) in [7, 11) is 0. The van der Waals surface area contributed by atoms with Crippen LogP contribution in [0.3, 0.4) is 0 Å². The number of aliphatic carboxylic acids is 2. The van der Waals surface area contributed by atoms with E-state index in [0.29, 0.717) is 18.8 Å². The smallest absolute Gasteiger partial charge is 0.309 e. The monoisotopic (exact) mass is 232 g/mol. The molecular formula is C12H24O4. The van der Waals surface area contributed by atoms with Gasteiger partial charge in [0.2, 0.25) is 0 Å². The predicted molar refractivity (Wildman–Crippen MR) is 63.4 cm³/mol. The molecule has 0 aromatic carbocycles. The lowest BCUT2D eigenvalue weighted by atomic mass is 9.91. The first-order valence-electron chi connectivity index (χ1n) is 5.58. The van der Waals surface area contributed by atoms with E-state index in [1.165, 1.54) is 0 Å². The highest BCUT2D eigenvalue weighted by Gasteiger charge is 2.23. The van der Waals surface area contributed by atoms with Gasteiger partial charge >= 0.3 is 11.9 Å². The van der Waals surface area contributed by atoms with Crippen LogP contribution in [0.1, 0.15) is 53.9 Å². The summed E-state index contributed by atoms with van der Waals surface area (Å²) in [6.45, 7) is 9.34. The van der Waals surface area contributed by atoms with Crippen LogP contribution in [-0.4, -0.2) is 22.2 Å². The summed E-state index contributed by atoms with van der Waals surface area (Å²) in [5.74, 6) is -0.912. The first-order chi connectivity index (χ1) is 7.13. The Hall–Kier alpha value is -1.06. The summed E-state index contributed by atoms with van der Waals surface area (Å²) in [5, 5.41) is 16.6. The highest BCUT2D eigenvalue weighted by atomic mass is 16.4. The fourth-order valence-corrected chi connectivity index (χ4v) is 0.563. The summed E-state index contributed by atoms with van der Waals surface area (Å²) < 4.78 is 0. The van der Waals surface area contributed by atoms with Crippen molar-refractivity contribution in [3.8, 4) is 0 Å². The number of carboxylic acids is 2. The minimum Gasteiger partial charge on any atom is -0.481 e. The molecule has 0 amide bonds. The fraction of sp³-hybridized carbons (Fsp3) is 0.833. The third-order valence-electron chi connectivity index (χ3n) is 2.40. The van der Waals surface area contributed by atoms with Crippen LogP contribution in [0, 0.1) is 11.3 Å². The number of hydrogen-bond donors (Lipinski definition) is 2. The summed E-state index contributed by atoms with van der Waals surface area (Å²) in [6, 6.07) is 0. The van der Waals surface area contributed by atoms with E-state index in [-0.39, 0.29) is 0 Å². The van der Waals surface area contributed by atoms with Crippen molar-refractivity contribution in [2.75, 3.05) is 0 Å². The molecule has 0 bridgehead atoms. The standard InChI is InChI=1S/2C6H12O2/c1-5(2)3-4-6(7)8;1-4-6(2,3)5(7)8/h5H,3-4H2,1-2H3,(H,7,8);4H2,1-3H3,(H,7,8). The van der Waals surface area contributed by atoms with Gasteiger partial charge in [0, 0.05) is 6.42 Å². The molecule has 0 saturated carbocycles. The molecule has 96 valence electrons. The lowest BCUT2D eigenvalue weighted by Gasteiger charge is -2.14. The van der Waals surface area contributed by atoms with E-state index in [9.17, 15) is 9.59 Å². The van der Waals surface area contributed by atoms with Gasteiger partial charge in [-0.05, 0) is 32.6 Å². The van der Waals surface area contributed by atoms with Crippen molar-refractivity contribution in [3.05, 3.63) is 0 Å². The van der Waals surface area contributed by atoms with E-state index in [1.807, 2.05) is 20.8 Å². The van der Waals surface area contributed by atoms with E-state index in [2.05, 4.69) is 0 Å². The first-order valence-corrected chi connectivity index (χ1v) is 5.58. The number of carboxylic acid groups (broad SMARTS) is 2. The third-order valence-corrected chi connectivity index (χ3v) is 2.40. The Morgan fingerprint density at radius 3 is 1.69 bits per heavy atom. The molecule has 0 aliphatic rings. The Balaban J connectivity index is 0. The van der Waals surface area contributed by atoms with Crippen LogP contribution in [0.25, 0.3) is 0 Å². The molecule has 0 aliphatic carbocycles. The van der Waals surface area contributed by atoms with Crippen molar-refractivity contribution in [3.63, 3.8) is 0 Å². The maximum atomic E-state index is 10.3. The molecular weight excluding hydrogens is 208 g/mol. The van der Waals surface area contributed by atoms with Crippen LogP contribution in [0.5, 0.6) is 0 Å². The second-order valence-corrected chi connectivity index (χ2v) is 4.87. The van der Waals surface area contributed by atoms with Gasteiger partial charge in [0.05, 0.1) is 5.41 Å². The minimum absolute atomic E-state index is 0.303. The van der Waals surface area contributed by atoms with Gasteiger partial charge < -0.3 is 10.2 Å². The van der Waals surface area contributed by atoms with Gasteiger partial charge in [-0.15, -0.1) is 0 Å². The van der Waals surface area contributed by atoms with Crippen molar-refractivity contribution in [1.29, 1.82) is 0 Å². The van der Waals surface area contributed by atoms with Gasteiger partial charge in [0.25, 0.3) is 0 Å². The van der Waals surface area contributed by atoms with Gasteiger partial charge in [-0.2, -0.15) is 0 Å². The zero-order valence-corrected chi connectivity index (χ0v) is 10.9.